The predicted molar refractivity (Wildman–Crippen MR) is 36.8 cm³/mol. The summed E-state index contributed by atoms with van der Waals surface area (Å²) in [4.78, 5) is 10.3. The van der Waals surface area contributed by atoms with Gasteiger partial charge in [-0.2, -0.15) is 0 Å². The van der Waals surface area contributed by atoms with E-state index in [2.05, 4.69) is 0 Å². The highest BCUT2D eigenvalue weighted by Gasteiger charge is 2.00. The maximum Gasteiger partial charge on any atom is 0.186 e. The van der Waals surface area contributed by atoms with Crippen LogP contribution in [0.2, 0.25) is 0 Å². The summed E-state index contributed by atoms with van der Waals surface area (Å²) in [5.41, 5.74) is 5.25. The fraction of sp³-hybridized carbons (Fsp3) is 0.800. The Hall–Kier alpha value is -0.0200. The van der Waals surface area contributed by atoms with E-state index in [9.17, 15) is 4.79 Å². The molecule has 0 spiro atoms. The quantitative estimate of drug-likeness (QED) is 0.600. The highest BCUT2D eigenvalue weighted by molar-refractivity contribution is 8.14. The lowest BCUT2D eigenvalue weighted by Crippen LogP contribution is -2.13. The molecule has 0 bridgehead atoms. The lowest BCUT2D eigenvalue weighted by Gasteiger charge is -2.01. The molecule has 0 aromatic heterocycles. The Bertz CT molecular complexity index is 84.5. The van der Waals surface area contributed by atoms with Crippen LogP contribution in [0.5, 0.6) is 0 Å². The second kappa shape index (κ2) is 3.92. The van der Waals surface area contributed by atoms with E-state index in [1.165, 1.54) is 11.8 Å². The highest BCUT2D eigenvalue weighted by atomic mass is 32.2. The van der Waals surface area contributed by atoms with Gasteiger partial charge in [0.15, 0.2) is 5.12 Å². The smallest absolute Gasteiger partial charge is 0.186 e. The summed E-state index contributed by atoms with van der Waals surface area (Å²) >= 11 is 1.29. The van der Waals surface area contributed by atoms with Crippen molar-refractivity contribution in [3.63, 3.8) is 0 Å². The molecular formula is C5H11NOS. The largest absolute Gasteiger partial charge is 0.329 e. The van der Waals surface area contributed by atoms with Crippen LogP contribution in [0, 0.1) is 0 Å². The second-order valence-corrected chi connectivity index (χ2v) is 3.27. The minimum absolute atomic E-state index is 0.142. The number of carbonyl (C=O) groups is 1. The summed E-state index contributed by atoms with van der Waals surface area (Å²) in [6, 6.07) is 0. The summed E-state index contributed by atoms with van der Waals surface area (Å²) < 4.78 is 0. The Labute approximate surface area is 53.8 Å². The molecule has 0 fully saturated rings. The topological polar surface area (TPSA) is 43.1 Å². The number of hydrogen-bond donors (Lipinski definition) is 1. The van der Waals surface area contributed by atoms with Crippen molar-refractivity contribution in [1.29, 1.82) is 0 Å². The maximum atomic E-state index is 10.3. The van der Waals surface area contributed by atoms with Crippen molar-refractivity contribution in [1.82, 2.24) is 0 Å². The van der Waals surface area contributed by atoms with Gasteiger partial charge >= 0.3 is 0 Å². The van der Waals surface area contributed by atoms with Gasteiger partial charge in [0.05, 0.1) is 0 Å². The van der Waals surface area contributed by atoms with Crippen molar-refractivity contribution in [3.8, 4) is 0 Å². The van der Waals surface area contributed by atoms with Crippen LogP contribution >= 0.6 is 11.8 Å². The summed E-state index contributed by atoms with van der Waals surface area (Å²) in [6.07, 6.45) is 0. The van der Waals surface area contributed by atoms with Crippen LogP contribution < -0.4 is 5.73 Å². The Morgan fingerprint density at radius 2 is 2.38 bits per heavy atom. The Balaban J connectivity index is 3.24. The average Bonchev–Trinajstić information content (AvgIpc) is 1.65. The molecule has 0 saturated heterocycles. The number of hydrogen-bond acceptors (Lipinski definition) is 3. The SMILES string of the molecule is CC(=O)SC(C)CN. The van der Waals surface area contributed by atoms with Gasteiger partial charge in [0.1, 0.15) is 0 Å². The molecule has 0 aliphatic rings. The van der Waals surface area contributed by atoms with Crippen molar-refractivity contribution < 1.29 is 4.79 Å². The zero-order valence-electron chi connectivity index (χ0n) is 5.18. The van der Waals surface area contributed by atoms with Gasteiger partial charge in [-0.05, 0) is 0 Å². The first-order valence-corrected chi connectivity index (χ1v) is 3.42. The normalized spacial score (nSPS) is 13.4. The number of carbonyl (C=O) groups excluding carboxylic acids is 1. The van der Waals surface area contributed by atoms with E-state index in [-0.39, 0.29) is 10.4 Å². The average molecular weight is 133 g/mol. The van der Waals surface area contributed by atoms with Gasteiger partial charge in [0.25, 0.3) is 0 Å². The Morgan fingerprint density at radius 3 is 2.50 bits per heavy atom. The van der Waals surface area contributed by atoms with Crippen molar-refractivity contribution in [3.05, 3.63) is 0 Å². The van der Waals surface area contributed by atoms with E-state index in [4.69, 9.17) is 5.73 Å². The molecule has 3 heteroatoms. The highest BCUT2D eigenvalue weighted by Crippen LogP contribution is 2.08. The predicted octanol–water partition coefficient (Wildman–Crippen LogP) is 0.613. The minimum atomic E-state index is 0.142. The van der Waals surface area contributed by atoms with Crippen molar-refractivity contribution in [2.24, 2.45) is 5.73 Å². The van der Waals surface area contributed by atoms with Crippen LogP contribution in [-0.2, 0) is 4.79 Å². The summed E-state index contributed by atoms with van der Waals surface area (Å²) in [5.74, 6) is 0. The summed E-state index contributed by atoms with van der Waals surface area (Å²) in [6.45, 7) is 4.06. The molecule has 0 aromatic rings. The van der Waals surface area contributed by atoms with Crippen molar-refractivity contribution in [2.75, 3.05) is 6.54 Å². The van der Waals surface area contributed by atoms with E-state index in [1.54, 1.807) is 6.92 Å². The zero-order chi connectivity index (χ0) is 6.57. The van der Waals surface area contributed by atoms with Crippen molar-refractivity contribution >= 4 is 16.9 Å². The molecule has 0 aliphatic carbocycles. The molecule has 0 rings (SSSR count). The third-order valence-electron chi connectivity index (χ3n) is 0.699. The molecule has 0 saturated carbocycles. The molecule has 1 unspecified atom stereocenters. The first-order valence-electron chi connectivity index (χ1n) is 2.54. The molecule has 0 heterocycles. The van der Waals surface area contributed by atoms with Gasteiger partial charge in [0.2, 0.25) is 0 Å². The molecule has 0 amide bonds. The lowest BCUT2D eigenvalue weighted by atomic mass is 10.5. The Kier molecular flexibility index (Phi) is 3.91. The van der Waals surface area contributed by atoms with Crippen LogP contribution in [0.4, 0.5) is 0 Å². The first-order chi connectivity index (χ1) is 3.66. The maximum absolute atomic E-state index is 10.3. The monoisotopic (exact) mass is 133 g/mol. The molecule has 8 heavy (non-hydrogen) atoms. The van der Waals surface area contributed by atoms with Gasteiger partial charge in [-0.1, -0.05) is 18.7 Å². The molecule has 0 aliphatic heterocycles. The third kappa shape index (κ3) is 4.15. The van der Waals surface area contributed by atoms with E-state index < -0.39 is 0 Å². The van der Waals surface area contributed by atoms with Gasteiger partial charge in [-0.25, -0.2) is 0 Å². The van der Waals surface area contributed by atoms with Gasteiger partial charge in [-0.3, -0.25) is 4.79 Å². The van der Waals surface area contributed by atoms with Crippen LogP contribution in [0.1, 0.15) is 13.8 Å². The minimum Gasteiger partial charge on any atom is -0.329 e. The summed E-state index contributed by atoms with van der Waals surface area (Å²) in [5, 5.41) is 0.412. The molecule has 2 N–H and O–H groups in total. The van der Waals surface area contributed by atoms with Crippen LogP contribution in [0.3, 0.4) is 0 Å². The fourth-order valence-electron chi connectivity index (χ4n) is 0.331. The molecule has 0 radical (unpaired) electrons. The van der Waals surface area contributed by atoms with Crippen molar-refractivity contribution in [2.45, 2.75) is 19.1 Å². The lowest BCUT2D eigenvalue weighted by molar-refractivity contribution is -0.109. The van der Waals surface area contributed by atoms with Gasteiger partial charge in [0, 0.05) is 18.7 Å². The van der Waals surface area contributed by atoms with E-state index in [0.29, 0.717) is 6.54 Å². The Morgan fingerprint density at radius 1 is 1.88 bits per heavy atom. The fourth-order valence-corrected chi connectivity index (χ4v) is 0.994. The van der Waals surface area contributed by atoms with Crippen LogP contribution in [-0.4, -0.2) is 16.9 Å². The second-order valence-electron chi connectivity index (χ2n) is 1.66. The van der Waals surface area contributed by atoms with E-state index >= 15 is 0 Å². The van der Waals surface area contributed by atoms with Crippen LogP contribution in [0.25, 0.3) is 0 Å². The molecule has 48 valence electrons. The number of nitrogens with two attached hydrogens (primary N) is 1. The molecular weight excluding hydrogens is 122 g/mol. The van der Waals surface area contributed by atoms with Gasteiger partial charge in [-0.15, -0.1) is 0 Å². The first kappa shape index (κ1) is 7.98. The standard InChI is InChI=1S/C5H11NOS/c1-4(3-6)8-5(2)7/h4H,3,6H2,1-2H3. The summed E-state index contributed by atoms with van der Waals surface area (Å²) in [7, 11) is 0. The third-order valence-corrected chi connectivity index (χ3v) is 1.63. The van der Waals surface area contributed by atoms with Crippen LogP contribution in [0.15, 0.2) is 0 Å². The molecule has 2 nitrogen and oxygen atoms in total. The molecule has 1 atom stereocenters. The number of rotatable bonds is 2. The van der Waals surface area contributed by atoms with E-state index in [1.807, 2.05) is 6.92 Å². The zero-order valence-corrected chi connectivity index (χ0v) is 5.99. The van der Waals surface area contributed by atoms with Gasteiger partial charge < -0.3 is 5.73 Å². The molecule has 0 aromatic carbocycles. The van der Waals surface area contributed by atoms with E-state index in [0.717, 1.165) is 0 Å². The number of thioether (sulfide) groups is 1.